The Morgan fingerprint density at radius 1 is 1.19 bits per heavy atom. The van der Waals surface area contributed by atoms with E-state index in [4.69, 9.17) is 19.2 Å². The van der Waals surface area contributed by atoms with Crippen LogP contribution in [-0.2, 0) is 16.1 Å². The van der Waals surface area contributed by atoms with Crippen molar-refractivity contribution in [2.24, 2.45) is 10.4 Å². The molecule has 1 aliphatic carbocycles. The number of nitrogens with zero attached hydrogens (tertiary/aromatic N) is 1. The molecule has 0 unspecified atom stereocenters. The number of hydrogen-bond donors (Lipinski definition) is 2. The summed E-state index contributed by atoms with van der Waals surface area (Å²) in [6.07, 6.45) is 4.91. The average molecular weight is 378 g/mol. The number of methoxy groups -OCH3 is 2. The van der Waals surface area contributed by atoms with Crippen LogP contribution in [0.5, 0.6) is 5.75 Å². The van der Waals surface area contributed by atoms with Gasteiger partial charge in [-0.05, 0) is 49.3 Å². The SMILES string of the molecule is CCNC(=NCC1(CCOC)CCC1)NCCOCc1cccc(OC)c1. The lowest BCUT2D eigenvalue weighted by atomic mass is 9.67. The molecule has 0 aromatic heterocycles. The smallest absolute Gasteiger partial charge is 0.191 e. The fourth-order valence-corrected chi connectivity index (χ4v) is 3.26. The van der Waals surface area contributed by atoms with Crippen molar-refractivity contribution in [1.82, 2.24) is 10.6 Å². The maximum absolute atomic E-state index is 5.76. The van der Waals surface area contributed by atoms with E-state index in [1.54, 1.807) is 14.2 Å². The first-order valence-electron chi connectivity index (χ1n) is 9.93. The van der Waals surface area contributed by atoms with Gasteiger partial charge in [0.05, 0.1) is 20.3 Å². The van der Waals surface area contributed by atoms with Crippen LogP contribution in [0.4, 0.5) is 0 Å². The third-order valence-electron chi connectivity index (χ3n) is 5.11. The summed E-state index contributed by atoms with van der Waals surface area (Å²) in [6, 6.07) is 7.95. The van der Waals surface area contributed by atoms with Crippen molar-refractivity contribution in [1.29, 1.82) is 0 Å². The Morgan fingerprint density at radius 3 is 2.70 bits per heavy atom. The third kappa shape index (κ3) is 7.39. The van der Waals surface area contributed by atoms with E-state index in [0.29, 0.717) is 18.6 Å². The highest BCUT2D eigenvalue weighted by Gasteiger charge is 2.36. The van der Waals surface area contributed by atoms with Crippen molar-refractivity contribution in [3.8, 4) is 5.75 Å². The minimum absolute atomic E-state index is 0.335. The van der Waals surface area contributed by atoms with Crippen molar-refractivity contribution in [2.45, 2.75) is 39.2 Å². The van der Waals surface area contributed by atoms with Gasteiger partial charge in [-0.25, -0.2) is 0 Å². The molecule has 0 aliphatic heterocycles. The van der Waals surface area contributed by atoms with E-state index in [2.05, 4.69) is 17.6 Å². The normalized spacial score (nSPS) is 15.9. The molecule has 0 spiro atoms. The molecule has 2 rings (SSSR count). The molecule has 152 valence electrons. The van der Waals surface area contributed by atoms with Gasteiger partial charge in [0, 0.05) is 33.4 Å². The maximum Gasteiger partial charge on any atom is 0.191 e. The van der Waals surface area contributed by atoms with Crippen molar-refractivity contribution in [3.63, 3.8) is 0 Å². The number of guanidine groups is 1. The highest BCUT2D eigenvalue weighted by molar-refractivity contribution is 5.79. The number of hydrogen-bond acceptors (Lipinski definition) is 4. The number of benzene rings is 1. The Balaban J connectivity index is 1.71. The number of nitrogens with one attached hydrogen (secondary N) is 2. The lowest BCUT2D eigenvalue weighted by Gasteiger charge is -2.40. The zero-order valence-electron chi connectivity index (χ0n) is 17.1. The summed E-state index contributed by atoms with van der Waals surface area (Å²) in [7, 11) is 3.45. The molecule has 0 radical (unpaired) electrons. The fraction of sp³-hybridized carbons (Fsp3) is 0.667. The van der Waals surface area contributed by atoms with Crippen LogP contribution in [0.25, 0.3) is 0 Å². The molecule has 2 N–H and O–H groups in total. The molecular weight excluding hydrogens is 342 g/mol. The maximum atomic E-state index is 5.76. The molecule has 6 heteroatoms. The van der Waals surface area contributed by atoms with E-state index < -0.39 is 0 Å². The van der Waals surface area contributed by atoms with Crippen LogP contribution < -0.4 is 15.4 Å². The molecule has 1 fully saturated rings. The van der Waals surface area contributed by atoms with Crippen LogP contribution in [0.2, 0.25) is 0 Å². The molecule has 1 aliphatic rings. The zero-order chi connectivity index (χ0) is 19.4. The Labute approximate surface area is 163 Å². The van der Waals surface area contributed by atoms with Gasteiger partial charge in [0.15, 0.2) is 5.96 Å². The molecule has 6 nitrogen and oxygen atoms in total. The lowest BCUT2D eigenvalue weighted by molar-refractivity contribution is 0.0778. The Bertz CT molecular complexity index is 574. The minimum Gasteiger partial charge on any atom is -0.497 e. The second-order valence-corrected chi connectivity index (χ2v) is 7.12. The van der Waals surface area contributed by atoms with Gasteiger partial charge in [0.2, 0.25) is 0 Å². The first-order chi connectivity index (χ1) is 13.2. The van der Waals surface area contributed by atoms with Gasteiger partial charge < -0.3 is 24.8 Å². The molecule has 0 heterocycles. The van der Waals surface area contributed by atoms with E-state index in [1.807, 2.05) is 24.3 Å². The zero-order valence-corrected chi connectivity index (χ0v) is 17.1. The van der Waals surface area contributed by atoms with E-state index in [-0.39, 0.29) is 0 Å². The fourth-order valence-electron chi connectivity index (χ4n) is 3.26. The van der Waals surface area contributed by atoms with E-state index in [1.165, 1.54) is 19.3 Å². The molecule has 1 aromatic carbocycles. The van der Waals surface area contributed by atoms with Gasteiger partial charge in [-0.15, -0.1) is 0 Å². The molecule has 1 aromatic rings. The van der Waals surface area contributed by atoms with Gasteiger partial charge in [-0.2, -0.15) is 0 Å². The van der Waals surface area contributed by atoms with Crippen LogP contribution in [0.15, 0.2) is 29.3 Å². The second-order valence-electron chi connectivity index (χ2n) is 7.12. The molecule has 0 atom stereocenters. The minimum atomic E-state index is 0.335. The highest BCUT2D eigenvalue weighted by atomic mass is 16.5. The average Bonchev–Trinajstić information content (AvgIpc) is 2.66. The summed E-state index contributed by atoms with van der Waals surface area (Å²) >= 11 is 0. The number of ether oxygens (including phenoxy) is 3. The highest BCUT2D eigenvalue weighted by Crippen LogP contribution is 2.44. The summed E-state index contributed by atoms with van der Waals surface area (Å²) in [5.41, 5.74) is 1.45. The molecule has 27 heavy (non-hydrogen) atoms. The van der Waals surface area contributed by atoms with Gasteiger partial charge in [-0.3, -0.25) is 4.99 Å². The van der Waals surface area contributed by atoms with Crippen molar-refractivity contribution in [3.05, 3.63) is 29.8 Å². The molecule has 0 bridgehead atoms. The molecular formula is C21H35N3O3. The summed E-state index contributed by atoms with van der Waals surface area (Å²) in [6.45, 7) is 6.53. The van der Waals surface area contributed by atoms with Crippen LogP contribution in [0.3, 0.4) is 0 Å². The predicted molar refractivity (Wildman–Crippen MR) is 109 cm³/mol. The van der Waals surface area contributed by atoms with Crippen molar-refractivity contribution < 1.29 is 14.2 Å². The van der Waals surface area contributed by atoms with Gasteiger partial charge in [0.25, 0.3) is 0 Å². The van der Waals surface area contributed by atoms with Crippen molar-refractivity contribution in [2.75, 3.05) is 47.1 Å². The summed E-state index contributed by atoms with van der Waals surface area (Å²) in [5.74, 6) is 1.72. The summed E-state index contributed by atoms with van der Waals surface area (Å²) in [4.78, 5) is 4.81. The predicted octanol–water partition coefficient (Wildman–Crippen LogP) is 2.97. The largest absolute Gasteiger partial charge is 0.497 e. The van der Waals surface area contributed by atoms with Crippen LogP contribution in [0.1, 0.15) is 38.2 Å². The van der Waals surface area contributed by atoms with Crippen LogP contribution in [0, 0.1) is 5.41 Å². The topological polar surface area (TPSA) is 64.1 Å². The number of rotatable bonds is 12. The van der Waals surface area contributed by atoms with Gasteiger partial charge in [-0.1, -0.05) is 18.6 Å². The van der Waals surface area contributed by atoms with Crippen LogP contribution in [-0.4, -0.2) is 53.0 Å². The quantitative estimate of drug-likeness (QED) is 0.333. The standard InChI is InChI=1S/C21H35N3O3/c1-4-22-20(24-17-21(9-6-10-21)11-13-25-2)23-12-14-27-16-18-7-5-8-19(15-18)26-3/h5,7-8,15H,4,6,9-14,16-17H2,1-3H3,(H2,22,23,24). The summed E-state index contributed by atoms with van der Waals surface area (Å²) < 4.78 is 16.3. The Morgan fingerprint density at radius 2 is 2.04 bits per heavy atom. The van der Waals surface area contributed by atoms with Crippen LogP contribution >= 0.6 is 0 Å². The van der Waals surface area contributed by atoms with Gasteiger partial charge in [0.1, 0.15) is 5.75 Å². The Kier molecular flexibility index (Phi) is 9.42. The first-order valence-corrected chi connectivity index (χ1v) is 9.93. The Hall–Kier alpha value is -1.79. The summed E-state index contributed by atoms with van der Waals surface area (Å²) in [5, 5.41) is 6.68. The lowest BCUT2D eigenvalue weighted by Crippen LogP contribution is -2.41. The van der Waals surface area contributed by atoms with Crippen molar-refractivity contribution >= 4 is 5.96 Å². The molecule has 1 saturated carbocycles. The second kappa shape index (κ2) is 11.8. The van der Waals surface area contributed by atoms with E-state index in [0.717, 1.165) is 49.9 Å². The molecule has 0 saturated heterocycles. The van der Waals surface area contributed by atoms with E-state index >= 15 is 0 Å². The van der Waals surface area contributed by atoms with E-state index in [9.17, 15) is 0 Å². The van der Waals surface area contributed by atoms with Gasteiger partial charge >= 0.3 is 0 Å². The first kappa shape index (κ1) is 21.5. The number of aliphatic imine (C=N–C) groups is 1. The third-order valence-corrected chi connectivity index (χ3v) is 5.11. The monoisotopic (exact) mass is 377 g/mol. The molecule has 0 amide bonds.